The molecule has 4 heteroatoms. The third-order valence-electron chi connectivity index (χ3n) is 2.20. The van der Waals surface area contributed by atoms with Crippen molar-refractivity contribution in [3.8, 4) is 0 Å². The van der Waals surface area contributed by atoms with E-state index in [1.54, 1.807) is 6.92 Å². The maximum atomic E-state index is 11.4. The summed E-state index contributed by atoms with van der Waals surface area (Å²) in [4.78, 5) is 15.8. The molecule has 0 aliphatic carbocycles. The van der Waals surface area contributed by atoms with Gasteiger partial charge in [0.2, 0.25) is 0 Å². The van der Waals surface area contributed by atoms with Crippen molar-refractivity contribution >= 4 is 11.6 Å². The summed E-state index contributed by atoms with van der Waals surface area (Å²) in [6.07, 6.45) is 0.340. The summed E-state index contributed by atoms with van der Waals surface area (Å²) in [6.45, 7) is 3.67. The highest BCUT2D eigenvalue weighted by atomic mass is 16.6. The summed E-state index contributed by atoms with van der Waals surface area (Å²) >= 11 is 0. The zero-order valence-corrected chi connectivity index (χ0v) is 8.99. The molecular weight excluding hydrogens is 192 g/mol. The average molecular weight is 208 g/mol. The van der Waals surface area contributed by atoms with E-state index >= 15 is 0 Å². The first-order valence-electron chi connectivity index (χ1n) is 4.92. The Morgan fingerprint density at radius 3 is 2.53 bits per heavy atom. The molecule has 0 spiro atoms. The van der Waals surface area contributed by atoms with Gasteiger partial charge in [-0.15, -0.1) is 0 Å². The third-order valence-corrected chi connectivity index (χ3v) is 2.20. The van der Waals surface area contributed by atoms with Gasteiger partial charge in [-0.1, -0.05) is 19.1 Å². The Morgan fingerprint density at radius 1 is 1.47 bits per heavy atom. The largest absolute Gasteiger partial charge is 0.324 e. The molecule has 82 valence electrons. The first-order chi connectivity index (χ1) is 7.17. The van der Waals surface area contributed by atoms with Gasteiger partial charge in [0.05, 0.1) is 0 Å². The Bertz CT molecular complexity index is 322. The third kappa shape index (κ3) is 3.34. The molecule has 0 aliphatic rings. The molecule has 1 aromatic carbocycles. The van der Waals surface area contributed by atoms with Crippen molar-refractivity contribution in [2.24, 2.45) is 5.90 Å². The first kappa shape index (κ1) is 11.7. The normalized spacial score (nSPS) is 12.2. The molecule has 1 rings (SSSR count). The number of anilines is 1. The quantitative estimate of drug-likeness (QED) is 0.736. The van der Waals surface area contributed by atoms with Gasteiger partial charge in [-0.25, -0.2) is 5.90 Å². The van der Waals surface area contributed by atoms with Crippen LogP contribution in [0.3, 0.4) is 0 Å². The summed E-state index contributed by atoms with van der Waals surface area (Å²) in [6, 6.07) is 7.67. The van der Waals surface area contributed by atoms with E-state index in [2.05, 4.69) is 17.1 Å². The van der Waals surface area contributed by atoms with Gasteiger partial charge in [-0.3, -0.25) is 9.63 Å². The van der Waals surface area contributed by atoms with Crippen LogP contribution in [-0.4, -0.2) is 12.0 Å². The van der Waals surface area contributed by atoms with Crippen molar-refractivity contribution in [3.05, 3.63) is 29.8 Å². The van der Waals surface area contributed by atoms with Crippen LogP contribution in [0.15, 0.2) is 24.3 Å². The number of benzene rings is 1. The Hall–Kier alpha value is -1.39. The lowest BCUT2D eigenvalue weighted by Crippen LogP contribution is -2.29. The van der Waals surface area contributed by atoms with Gasteiger partial charge >= 0.3 is 0 Å². The molecule has 1 atom stereocenters. The van der Waals surface area contributed by atoms with E-state index < -0.39 is 6.10 Å². The van der Waals surface area contributed by atoms with E-state index in [1.165, 1.54) is 5.56 Å². The Labute approximate surface area is 89.4 Å². The van der Waals surface area contributed by atoms with Crippen LogP contribution in [-0.2, 0) is 16.1 Å². The number of carbonyl (C=O) groups excluding carboxylic acids is 1. The van der Waals surface area contributed by atoms with Crippen LogP contribution in [0.4, 0.5) is 5.69 Å². The molecule has 0 bridgehead atoms. The minimum atomic E-state index is -0.643. The molecule has 0 saturated carbocycles. The van der Waals surface area contributed by atoms with Gasteiger partial charge in [0.15, 0.2) is 6.10 Å². The monoisotopic (exact) mass is 208 g/mol. The van der Waals surface area contributed by atoms with Gasteiger partial charge < -0.3 is 5.32 Å². The van der Waals surface area contributed by atoms with E-state index in [-0.39, 0.29) is 5.91 Å². The van der Waals surface area contributed by atoms with E-state index in [9.17, 15) is 4.79 Å². The molecule has 0 saturated heterocycles. The van der Waals surface area contributed by atoms with Crippen LogP contribution in [0.5, 0.6) is 0 Å². The minimum Gasteiger partial charge on any atom is -0.324 e. The molecule has 0 aromatic heterocycles. The maximum absolute atomic E-state index is 11.4. The summed E-state index contributed by atoms with van der Waals surface area (Å²) < 4.78 is 0. The Morgan fingerprint density at radius 2 is 2.07 bits per heavy atom. The molecule has 4 nitrogen and oxygen atoms in total. The van der Waals surface area contributed by atoms with Crippen LogP contribution in [0.25, 0.3) is 0 Å². The lowest BCUT2D eigenvalue weighted by atomic mass is 10.1. The fourth-order valence-electron chi connectivity index (χ4n) is 1.13. The second kappa shape index (κ2) is 5.48. The molecular formula is C11H16N2O2. The molecule has 0 radical (unpaired) electrons. The summed E-state index contributed by atoms with van der Waals surface area (Å²) in [5.74, 6) is 4.66. The molecule has 0 fully saturated rings. The van der Waals surface area contributed by atoms with E-state index in [0.29, 0.717) is 0 Å². The predicted octanol–water partition coefficient (Wildman–Crippen LogP) is 1.47. The lowest BCUT2D eigenvalue weighted by Gasteiger charge is -2.09. The molecule has 3 N–H and O–H groups in total. The van der Waals surface area contributed by atoms with Gasteiger partial charge in [-0.2, -0.15) is 0 Å². The number of hydrogen-bond acceptors (Lipinski definition) is 3. The fourth-order valence-corrected chi connectivity index (χ4v) is 1.13. The number of carbonyl (C=O) groups is 1. The molecule has 15 heavy (non-hydrogen) atoms. The Kier molecular flexibility index (Phi) is 4.27. The summed E-state index contributed by atoms with van der Waals surface area (Å²) in [7, 11) is 0. The zero-order valence-electron chi connectivity index (χ0n) is 8.99. The van der Waals surface area contributed by atoms with Crippen LogP contribution < -0.4 is 11.2 Å². The highest BCUT2D eigenvalue weighted by Crippen LogP contribution is 2.10. The molecule has 0 heterocycles. The molecule has 1 aromatic rings. The van der Waals surface area contributed by atoms with Crippen molar-refractivity contribution < 1.29 is 9.63 Å². The Balaban J connectivity index is 2.61. The zero-order chi connectivity index (χ0) is 11.3. The highest BCUT2D eigenvalue weighted by molar-refractivity contribution is 5.93. The van der Waals surface area contributed by atoms with E-state index in [0.717, 1.165) is 12.1 Å². The predicted molar refractivity (Wildman–Crippen MR) is 59.2 cm³/mol. The first-order valence-corrected chi connectivity index (χ1v) is 4.92. The number of aryl methyl sites for hydroxylation is 1. The van der Waals surface area contributed by atoms with Crippen molar-refractivity contribution in [1.82, 2.24) is 0 Å². The van der Waals surface area contributed by atoms with Crippen molar-refractivity contribution in [1.29, 1.82) is 0 Å². The second-order valence-electron chi connectivity index (χ2n) is 3.32. The number of hydrogen-bond donors (Lipinski definition) is 2. The van der Waals surface area contributed by atoms with Crippen molar-refractivity contribution in [2.75, 3.05) is 5.32 Å². The molecule has 1 unspecified atom stereocenters. The van der Waals surface area contributed by atoms with Gasteiger partial charge in [-0.05, 0) is 31.0 Å². The number of amides is 1. The van der Waals surface area contributed by atoms with E-state index in [1.807, 2.05) is 24.3 Å². The van der Waals surface area contributed by atoms with Gasteiger partial charge in [0.25, 0.3) is 5.91 Å². The summed E-state index contributed by atoms with van der Waals surface area (Å²) in [5, 5.41) is 2.70. The lowest BCUT2D eigenvalue weighted by molar-refractivity contribution is -0.126. The number of rotatable bonds is 4. The van der Waals surface area contributed by atoms with Crippen LogP contribution >= 0.6 is 0 Å². The maximum Gasteiger partial charge on any atom is 0.255 e. The van der Waals surface area contributed by atoms with Crippen LogP contribution in [0, 0.1) is 0 Å². The van der Waals surface area contributed by atoms with Crippen LogP contribution in [0.1, 0.15) is 19.4 Å². The topological polar surface area (TPSA) is 64.3 Å². The SMILES string of the molecule is CCc1ccc(NC(=O)C(C)ON)cc1. The minimum absolute atomic E-state index is 0.248. The van der Waals surface area contributed by atoms with Gasteiger partial charge in [0.1, 0.15) is 0 Å². The number of nitrogens with two attached hydrogens (primary N) is 1. The molecule has 1 amide bonds. The van der Waals surface area contributed by atoms with Crippen molar-refractivity contribution in [2.45, 2.75) is 26.4 Å². The van der Waals surface area contributed by atoms with Crippen LogP contribution in [0.2, 0.25) is 0 Å². The van der Waals surface area contributed by atoms with Crippen molar-refractivity contribution in [3.63, 3.8) is 0 Å². The standard InChI is InChI=1S/C11H16N2O2/c1-3-9-4-6-10(7-5-9)13-11(14)8(2)15-12/h4-8H,3,12H2,1-2H3,(H,13,14). The molecule has 0 aliphatic heterocycles. The van der Waals surface area contributed by atoms with Gasteiger partial charge in [0, 0.05) is 5.69 Å². The van der Waals surface area contributed by atoms with E-state index in [4.69, 9.17) is 5.90 Å². The smallest absolute Gasteiger partial charge is 0.255 e. The second-order valence-corrected chi connectivity index (χ2v) is 3.32. The fraction of sp³-hybridized carbons (Fsp3) is 0.364. The average Bonchev–Trinajstić information content (AvgIpc) is 2.29. The summed E-state index contributed by atoms with van der Waals surface area (Å²) in [5.41, 5.74) is 1.98. The highest BCUT2D eigenvalue weighted by Gasteiger charge is 2.11. The number of nitrogens with one attached hydrogen (secondary N) is 1.